The maximum absolute atomic E-state index is 5.35. The van der Waals surface area contributed by atoms with Crippen molar-refractivity contribution in [2.24, 2.45) is 0 Å². The minimum Gasteiger partial charge on any atom is -0.478 e. The number of rotatable bonds is 6. The zero-order valence-corrected chi connectivity index (χ0v) is 10.5. The molecule has 4 nitrogen and oxygen atoms in total. The molecule has 0 amide bonds. The molecule has 0 atom stereocenters. The van der Waals surface area contributed by atoms with Crippen molar-refractivity contribution < 1.29 is 4.74 Å². The van der Waals surface area contributed by atoms with Gasteiger partial charge in [0.25, 0.3) is 0 Å². The van der Waals surface area contributed by atoms with Crippen LogP contribution in [0.1, 0.15) is 12.5 Å². The highest BCUT2D eigenvalue weighted by atomic mass is 16.5. The van der Waals surface area contributed by atoms with Gasteiger partial charge in [-0.25, -0.2) is 0 Å². The number of hydrogen-bond donors (Lipinski definition) is 1. The van der Waals surface area contributed by atoms with E-state index in [1.165, 1.54) is 5.56 Å². The third kappa shape index (κ3) is 3.73. The Morgan fingerprint density at radius 1 is 1.22 bits per heavy atom. The molecule has 0 spiro atoms. The average molecular weight is 243 g/mol. The lowest BCUT2D eigenvalue weighted by molar-refractivity contribution is 0.327. The summed E-state index contributed by atoms with van der Waals surface area (Å²) in [5.41, 5.74) is 1.21. The molecule has 94 valence electrons. The molecule has 0 saturated heterocycles. The highest BCUT2D eigenvalue weighted by Gasteiger charge is 1.98. The Kier molecular flexibility index (Phi) is 4.53. The third-order valence-electron chi connectivity index (χ3n) is 2.46. The zero-order valence-electron chi connectivity index (χ0n) is 10.5. The summed E-state index contributed by atoms with van der Waals surface area (Å²) in [6.07, 6.45) is 4.59. The van der Waals surface area contributed by atoms with E-state index in [0.717, 1.165) is 18.8 Å². The highest BCUT2D eigenvalue weighted by Crippen LogP contribution is 2.11. The number of ether oxygens (including phenoxy) is 1. The van der Waals surface area contributed by atoms with Crippen LogP contribution in [0.25, 0.3) is 0 Å². The van der Waals surface area contributed by atoms with E-state index < -0.39 is 0 Å². The maximum atomic E-state index is 5.35. The van der Waals surface area contributed by atoms with Gasteiger partial charge in [0, 0.05) is 25.0 Å². The molecule has 0 aromatic carbocycles. The Labute approximate surface area is 107 Å². The molecule has 4 heteroatoms. The summed E-state index contributed by atoms with van der Waals surface area (Å²) in [5, 5.41) is 3.27. The van der Waals surface area contributed by atoms with Gasteiger partial charge in [-0.2, -0.15) is 4.98 Å². The summed E-state index contributed by atoms with van der Waals surface area (Å²) in [5.74, 6) is 1.49. The van der Waals surface area contributed by atoms with Gasteiger partial charge in [-0.15, -0.1) is 0 Å². The summed E-state index contributed by atoms with van der Waals surface area (Å²) in [7, 11) is 0. The van der Waals surface area contributed by atoms with Crippen LogP contribution in [0.15, 0.2) is 42.7 Å². The molecule has 2 rings (SSSR count). The molecule has 18 heavy (non-hydrogen) atoms. The first-order valence-corrected chi connectivity index (χ1v) is 6.11. The summed E-state index contributed by atoms with van der Waals surface area (Å²) < 4.78 is 5.35. The van der Waals surface area contributed by atoms with Crippen molar-refractivity contribution in [2.45, 2.75) is 13.3 Å². The lowest BCUT2D eigenvalue weighted by atomic mass is 10.2. The van der Waals surface area contributed by atoms with Crippen LogP contribution in [0.2, 0.25) is 0 Å². The van der Waals surface area contributed by atoms with E-state index in [4.69, 9.17) is 4.74 Å². The van der Waals surface area contributed by atoms with Crippen LogP contribution in [-0.4, -0.2) is 23.1 Å². The Balaban J connectivity index is 1.84. The molecular weight excluding hydrogens is 226 g/mol. The van der Waals surface area contributed by atoms with Crippen LogP contribution in [0, 0.1) is 0 Å². The number of nitrogens with one attached hydrogen (secondary N) is 1. The van der Waals surface area contributed by atoms with Gasteiger partial charge in [0.1, 0.15) is 5.82 Å². The fraction of sp³-hybridized carbons (Fsp3) is 0.286. The highest BCUT2D eigenvalue weighted by molar-refractivity contribution is 5.37. The first kappa shape index (κ1) is 12.4. The summed E-state index contributed by atoms with van der Waals surface area (Å²) in [6, 6.07) is 9.74. The molecule has 0 aliphatic heterocycles. The summed E-state index contributed by atoms with van der Waals surface area (Å²) in [6.45, 7) is 3.41. The predicted molar refractivity (Wildman–Crippen MR) is 71.8 cm³/mol. The molecule has 0 aliphatic carbocycles. The van der Waals surface area contributed by atoms with E-state index in [1.54, 1.807) is 6.20 Å². The van der Waals surface area contributed by atoms with E-state index in [2.05, 4.69) is 21.4 Å². The van der Waals surface area contributed by atoms with E-state index in [0.29, 0.717) is 12.5 Å². The summed E-state index contributed by atoms with van der Waals surface area (Å²) in [4.78, 5) is 8.43. The summed E-state index contributed by atoms with van der Waals surface area (Å²) >= 11 is 0. The SMILES string of the molecule is CCOc1cccc(NCCc2cccnc2)n1. The third-order valence-corrected chi connectivity index (χ3v) is 2.46. The quantitative estimate of drug-likeness (QED) is 0.847. The Morgan fingerprint density at radius 3 is 2.94 bits per heavy atom. The molecule has 0 saturated carbocycles. The second kappa shape index (κ2) is 6.59. The predicted octanol–water partition coefficient (Wildman–Crippen LogP) is 2.53. The monoisotopic (exact) mass is 243 g/mol. The standard InChI is InChI=1S/C14H17N3O/c1-2-18-14-7-3-6-13(17-14)16-10-8-12-5-4-9-15-11-12/h3-7,9,11H,2,8,10H2,1H3,(H,16,17). The second-order valence-electron chi connectivity index (χ2n) is 3.83. The topological polar surface area (TPSA) is 47.0 Å². The number of pyridine rings is 2. The van der Waals surface area contributed by atoms with Gasteiger partial charge in [0.05, 0.1) is 6.61 Å². The van der Waals surface area contributed by atoms with Gasteiger partial charge >= 0.3 is 0 Å². The number of nitrogens with zero attached hydrogens (tertiary/aromatic N) is 2. The van der Waals surface area contributed by atoms with Crippen molar-refractivity contribution in [1.29, 1.82) is 0 Å². The van der Waals surface area contributed by atoms with Crippen molar-refractivity contribution >= 4 is 5.82 Å². The van der Waals surface area contributed by atoms with E-state index in [9.17, 15) is 0 Å². The molecular formula is C14H17N3O. The fourth-order valence-electron chi connectivity index (χ4n) is 1.62. The van der Waals surface area contributed by atoms with Crippen LogP contribution in [0.5, 0.6) is 5.88 Å². The Hall–Kier alpha value is -2.10. The van der Waals surface area contributed by atoms with Crippen LogP contribution in [-0.2, 0) is 6.42 Å². The van der Waals surface area contributed by atoms with Gasteiger partial charge in [0.2, 0.25) is 5.88 Å². The van der Waals surface area contributed by atoms with Crippen LogP contribution in [0.4, 0.5) is 5.82 Å². The van der Waals surface area contributed by atoms with Crippen molar-refractivity contribution in [1.82, 2.24) is 9.97 Å². The average Bonchev–Trinajstić information content (AvgIpc) is 2.41. The van der Waals surface area contributed by atoms with E-state index >= 15 is 0 Å². The lowest BCUT2D eigenvalue weighted by Crippen LogP contribution is -2.07. The first-order chi connectivity index (χ1) is 8.88. The number of aromatic nitrogens is 2. The second-order valence-corrected chi connectivity index (χ2v) is 3.83. The largest absolute Gasteiger partial charge is 0.478 e. The smallest absolute Gasteiger partial charge is 0.215 e. The number of hydrogen-bond acceptors (Lipinski definition) is 4. The molecule has 0 unspecified atom stereocenters. The lowest BCUT2D eigenvalue weighted by Gasteiger charge is -2.07. The molecule has 0 radical (unpaired) electrons. The Bertz CT molecular complexity index is 473. The fourth-order valence-corrected chi connectivity index (χ4v) is 1.62. The van der Waals surface area contributed by atoms with Crippen LogP contribution in [0.3, 0.4) is 0 Å². The molecule has 0 bridgehead atoms. The van der Waals surface area contributed by atoms with Crippen molar-refractivity contribution in [3.63, 3.8) is 0 Å². The van der Waals surface area contributed by atoms with Crippen molar-refractivity contribution in [3.05, 3.63) is 48.3 Å². The van der Waals surface area contributed by atoms with Gasteiger partial charge < -0.3 is 10.1 Å². The minimum atomic E-state index is 0.631. The van der Waals surface area contributed by atoms with Gasteiger partial charge in [-0.1, -0.05) is 12.1 Å². The van der Waals surface area contributed by atoms with Crippen molar-refractivity contribution in [2.75, 3.05) is 18.5 Å². The molecule has 1 N–H and O–H groups in total. The molecule has 0 aliphatic rings. The molecule has 0 fully saturated rings. The van der Waals surface area contributed by atoms with Gasteiger partial charge in [0.15, 0.2) is 0 Å². The van der Waals surface area contributed by atoms with Gasteiger partial charge in [-0.05, 0) is 31.0 Å². The van der Waals surface area contributed by atoms with Crippen LogP contribution >= 0.6 is 0 Å². The van der Waals surface area contributed by atoms with Crippen molar-refractivity contribution in [3.8, 4) is 5.88 Å². The molecule has 2 heterocycles. The van der Waals surface area contributed by atoms with E-state index in [-0.39, 0.29) is 0 Å². The first-order valence-electron chi connectivity index (χ1n) is 6.11. The normalized spacial score (nSPS) is 10.1. The molecule has 2 aromatic rings. The number of anilines is 1. The van der Waals surface area contributed by atoms with E-state index in [1.807, 2.05) is 37.4 Å². The minimum absolute atomic E-state index is 0.631. The Morgan fingerprint density at radius 2 is 2.17 bits per heavy atom. The maximum Gasteiger partial charge on any atom is 0.215 e. The van der Waals surface area contributed by atoms with Crippen LogP contribution < -0.4 is 10.1 Å². The molecule has 2 aromatic heterocycles. The van der Waals surface area contributed by atoms with Gasteiger partial charge in [-0.3, -0.25) is 4.98 Å². The zero-order chi connectivity index (χ0) is 12.6.